The Morgan fingerprint density at radius 3 is 2.61 bits per heavy atom. The van der Waals surface area contributed by atoms with E-state index >= 15 is 0 Å². The summed E-state index contributed by atoms with van der Waals surface area (Å²) < 4.78 is 6.91. The van der Waals surface area contributed by atoms with Gasteiger partial charge in [-0.1, -0.05) is 5.16 Å². The van der Waals surface area contributed by atoms with Crippen LogP contribution in [0.25, 0.3) is 5.69 Å². The Hall–Kier alpha value is -2.93. The number of nitrogens with two attached hydrogens (primary N) is 1. The molecule has 0 atom stereocenters. The number of hydrogen-bond donors (Lipinski definition) is 2. The fraction of sp³-hybridized carbons (Fsp3) is 0.188. The number of aryl methyl sites for hydroxylation is 1. The third-order valence-corrected chi connectivity index (χ3v) is 3.65. The predicted octanol–water partition coefficient (Wildman–Crippen LogP) is 2.19. The van der Waals surface area contributed by atoms with Gasteiger partial charge >= 0.3 is 0 Å². The van der Waals surface area contributed by atoms with Crippen molar-refractivity contribution in [2.45, 2.75) is 20.4 Å². The van der Waals surface area contributed by atoms with Crippen molar-refractivity contribution in [2.24, 2.45) is 5.73 Å². The fourth-order valence-corrected chi connectivity index (χ4v) is 2.18. The molecule has 0 aliphatic heterocycles. The summed E-state index contributed by atoms with van der Waals surface area (Å²) in [6.45, 7) is 4.18. The Bertz CT molecular complexity index is 833. The molecule has 0 bridgehead atoms. The van der Waals surface area contributed by atoms with E-state index in [9.17, 15) is 4.79 Å². The van der Waals surface area contributed by atoms with E-state index < -0.39 is 0 Å². The summed E-state index contributed by atoms with van der Waals surface area (Å²) in [6.07, 6.45) is 1.78. The molecule has 7 heteroatoms. The van der Waals surface area contributed by atoms with Gasteiger partial charge in [0.05, 0.1) is 18.6 Å². The lowest BCUT2D eigenvalue weighted by atomic mass is 10.2. The number of nitrogens with zero attached hydrogens (tertiary/aromatic N) is 3. The first-order chi connectivity index (χ1) is 11.1. The predicted molar refractivity (Wildman–Crippen MR) is 85.4 cm³/mol. The lowest BCUT2D eigenvalue weighted by Gasteiger charge is -2.07. The molecule has 7 nitrogen and oxygen atoms in total. The molecular weight excluding hydrogens is 294 g/mol. The van der Waals surface area contributed by atoms with Crippen molar-refractivity contribution in [3.63, 3.8) is 0 Å². The second-order valence-electron chi connectivity index (χ2n) is 5.17. The van der Waals surface area contributed by atoms with Crippen LogP contribution in [0.5, 0.6) is 0 Å². The molecule has 0 fully saturated rings. The molecule has 3 N–H and O–H groups in total. The maximum atomic E-state index is 12.1. The highest BCUT2D eigenvalue weighted by molar-refractivity contribution is 6.02. The smallest absolute Gasteiger partial charge is 0.277 e. The summed E-state index contributed by atoms with van der Waals surface area (Å²) in [7, 11) is 0. The second-order valence-corrected chi connectivity index (χ2v) is 5.17. The first-order valence-corrected chi connectivity index (χ1v) is 7.16. The average molecular weight is 311 g/mol. The van der Waals surface area contributed by atoms with Crippen molar-refractivity contribution in [3.8, 4) is 5.69 Å². The van der Waals surface area contributed by atoms with Crippen molar-refractivity contribution in [1.82, 2.24) is 14.7 Å². The minimum Gasteiger partial charge on any atom is -0.359 e. The Kier molecular flexibility index (Phi) is 3.94. The highest BCUT2D eigenvalue weighted by atomic mass is 16.5. The summed E-state index contributed by atoms with van der Waals surface area (Å²) in [6, 6.07) is 9.01. The summed E-state index contributed by atoms with van der Waals surface area (Å²) >= 11 is 0. The van der Waals surface area contributed by atoms with Crippen LogP contribution in [0.3, 0.4) is 0 Å². The number of nitrogens with one attached hydrogen (secondary N) is 1. The van der Waals surface area contributed by atoms with Crippen LogP contribution in [0, 0.1) is 13.8 Å². The number of benzene rings is 1. The van der Waals surface area contributed by atoms with E-state index in [0.717, 1.165) is 17.1 Å². The van der Waals surface area contributed by atoms with Crippen molar-refractivity contribution in [3.05, 3.63) is 59.5 Å². The highest BCUT2D eigenvalue weighted by Gasteiger charge is 2.12. The Morgan fingerprint density at radius 1 is 1.30 bits per heavy atom. The van der Waals surface area contributed by atoms with Gasteiger partial charge in [-0.15, -0.1) is 0 Å². The van der Waals surface area contributed by atoms with Gasteiger partial charge in [-0.2, -0.15) is 0 Å². The van der Waals surface area contributed by atoms with E-state index in [4.69, 9.17) is 10.3 Å². The van der Waals surface area contributed by atoms with E-state index in [-0.39, 0.29) is 18.1 Å². The monoisotopic (exact) mass is 311 g/mol. The lowest BCUT2D eigenvalue weighted by molar-refractivity contribution is 0.101. The Labute approximate surface area is 133 Å². The van der Waals surface area contributed by atoms with Crippen LogP contribution in [0.1, 0.15) is 27.6 Å². The summed E-state index contributed by atoms with van der Waals surface area (Å²) in [5.41, 5.74) is 9.36. The molecule has 3 aromatic rings. The van der Waals surface area contributed by atoms with Crippen LogP contribution in [0.2, 0.25) is 0 Å². The summed E-state index contributed by atoms with van der Waals surface area (Å²) in [5.74, 6) is 0.132. The van der Waals surface area contributed by atoms with E-state index in [0.29, 0.717) is 11.4 Å². The maximum absolute atomic E-state index is 12.1. The zero-order valence-corrected chi connectivity index (χ0v) is 12.9. The van der Waals surface area contributed by atoms with Gasteiger partial charge in [0.2, 0.25) is 0 Å². The largest absolute Gasteiger partial charge is 0.359 e. The molecule has 2 heterocycles. The number of carbonyl (C=O) groups is 1. The molecule has 2 aromatic heterocycles. The van der Waals surface area contributed by atoms with Crippen LogP contribution < -0.4 is 11.1 Å². The molecule has 0 saturated carbocycles. The van der Waals surface area contributed by atoms with Crippen LogP contribution >= 0.6 is 0 Å². The Morgan fingerprint density at radius 2 is 2.04 bits per heavy atom. The number of anilines is 1. The molecule has 0 aliphatic carbocycles. The molecule has 23 heavy (non-hydrogen) atoms. The molecule has 1 aromatic carbocycles. The van der Waals surface area contributed by atoms with Crippen LogP contribution in [0.4, 0.5) is 5.69 Å². The van der Waals surface area contributed by atoms with Gasteiger partial charge in [0, 0.05) is 23.1 Å². The third-order valence-electron chi connectivity index (χ3n) is 3.65. The van der Waals surface area contributed by atoms with Gasteiger partial charge in [-0.25, -0.2) is 4.98 Å². The quantitative estimate of drug-likeness (QED) is 0.769. The van der Waals surface area contributed by atoms with Gasteiger partial charge in [-0.05, 0) is 38.1 Å². The molecule has 0 aliphatic rings. The minimum absolute atomic E-state index is 0.204. The van der Waals surface area contributed by atoms with E-state index in [1.807, 2.05) is 42.7 Å². The zero-order chi connectivity index (χ0) is 16.4. The van der Waals surface area contributed by atoms with Crippen molar-refractivity contribution in [1.29, 1.82) is 0 Å². The number of hydrogen-bond acceptors (Lipinski definition) is 5. The molecule has 0 radical (unpaired) electrons. The first kappa shape index (κ1) is 15.0. The highest BCUT2D eigenvalue weighted by Crippen LogP contribution is 2.17. The molecule has 0 spiro atoms. The van der Waals surface area contributed by atoms with Gasteiger partial charge in [0.15, 0.2) is 11.5 Å². The van der Waals surface area contributed by atoms with Gasteiger partial charge in [-0.3, -0.25) is 4.79 Å². The third kappa shape index (κ3) is 3.00. The van der Waals surface area contributed by atoms with E-state index in [1.54, 1.807) is 6.33 Å². The molecule has 118 valence electrons. The van der Waals surface area contributed by atoms with Crippen LogP contribution in [-0.4, -0.2) is 20.6 Å². The van der Waals surface area contributed by atoms with Gasteiger partial charge in [0.25, 0.3) is 5.91 Å². The van der Waals surface area contributed by atoms with Gasteiger partial charge < -0.3 is 20.1 Å². The van der Waals surface area contributed by atoms with Crippen LogP contribution in [0.15, 0.2) is 41.2 Å². The van der Waals surface area contributed by atoms with Crippen LogP contribution in [-0.2, 0) is 6.54 Å². The van der Waals surface area contributed by atoms with Crippen molar-refractivity contribution >= 4 is 11.6 Å². The van der Waals surface area contributed by atoms with E-state index in [2.05, 4.69) is 15.5 Å². The number of amides is 1. The second kappa shape index (κ2) is 6.05. The fourth-order valence-electron chi connectivity index (χ4n) is 2.18. The topological polar surface area (TPSA) is 99.0 Å². The number of rotatable bonds is 4. The number of carbonyl (C=O) groups excluding carboxylic acids is 1. The summed E-state index contributed by atoms with van der Waals surface area (Å²) in [5, 5.41) is 6.45. The number of imidazole rings is 1. The lowest BCUT2D eigenvalue weighted by Crippen LogP contribution is -2.12. The summed E-state index contributed by atoms with van der Waals surface area (Å²) in [4.78, 5) is 16.3. The molecule has 3 rings (SSSR count). The molecule has 1 amide bonds. The Balaban J connectivity index is 1.74. The number of aromatic nitrogens is 3. The van der Waals surface area contributed by atoms with Crippen molar-refractivity contribution in [2.75, 3.05) is 5.32 Å². The van der Waals surface area contributed by atoms with Gasteiger partial charge in [0.1, 0.15) is 0 Å². The van der Waals surface area contributed by atoms with Crippen molar-refractivity contribution < 1.29 is 9.32 Å². The molecule has 0 unspecified atom stereocenters. The van der Waals surface area contributed by atoms with E-state index in [1.165, 1.54) is 6.07 Å². The normalized spacial score (nSPS) is 10.7. The zero-order valence-electron chi connectivity index (χ0n) is 12.9. The average Bonchev–Trinajstić information content (AvgIpc) is 3.16. The first-order valence-electron chi connectivity index (χ1n) is 7.16. The molecular formula is C16H17N5O2. The molecule has 0 saturated heterocycles. The minimum atomic E-state index is -0.337. The maximum Gasteiger partial charge on any atom is 0.277 e. The SMILES string of the molecule is Cc1ncn(-c2ccc(NC(=O)c3cc(CN)on3)cc2)c1C. The standard InChI is InChI=1S/C16H17N5O2/c1-10-11(2)21(9-18-10)13-5-3-12(4-6-13)19-16(22)15-7-14(8-17)23-20-15/h3-7,9H,8,17H2,1-2H3,(H,19,22).